The molecule has 4 aromatic rings. The average Bonchev–Trinajstić information content (AvgIpc) is 2.81. The second kappa shape index (κ2) is 8.06. The van der Waals surface area contributed by atoms with Gasteiger partial charge in [-0.05, 0) is 61.2 Å². The van der Waals surface area contributed by atoms with Crippen LogP contribution >= 0.6 is 0 Å². The Kier molecular flexibility index (Phi) is 4.97. The molecule has 0 amide bonds. The summed E-state index contributed by atoms with van der Waals surface area (Å²) >= 11 is 0. The molecule has 2 aromatic heterocycles. The summed E-state index contributed by atoms with van der Waals surface area (Å²) in [5, 5.41) is 3.91. The molecule has 150 valence electrons. The molecule has 0 saturated carbocycles. The van der Waals surface area contributed by atoms with Crippen molar-refractivity contribution in [2.75, 3.05) is 23.3 Å². The molecule has 1 aliphatic heterocycles. The van der Waals surface area contributed by atoms with Crippen LogP contribution < -0.4 is 10.2 Å². The van der Waals surface area contributed by atoms with Crippen molar-refractivity contribution in [3.63, 3.8) is 0 Å². The van der Waals surface area contributed by atoms with Crippen molar-refractivity contribution < 1.29 is 4.39 Å². The van der Waals surface area contributed by atoms with Crippen LogP contribution in [0.5, 0.6) is 0 Å². The third-order valence-electron chi connectivity index (χ3n) is 5.52. The van der Waals surface area contributed by atoms with E-state index in [9.17, 15) is 4.39 Å². The normalized spacial score (nSPS) is 14.1. The van der Waals surface area contributed by atoms with Gasteiger partial charge in [0.1, 0.15) is 23.8 Å². The highest BCUT2D eigenvalue weighted by Crippen LogP contribution is 2.29. The predicted molar refractivity (Wildman–Crippen MR) is 119 cm³/mol. The monoisotopic (exact) mass is 399 g/mol. The first kappa shape index (κ1) is 18.5. The first-order chi connectivity index (χ1) is 14.8. The maximum Gasteiger partial charge on any atom is 0.146 e. The molecule has 0 spiro atoms. The lowest BCUT2D eigenvalue weighted by molar-refractivity contribution is 0.573. The van der Waals surface area contributed by atoms with Gasteiger partial charge >= 0.3 is 0 Å². The van der Waals surface area contributed by atoms with E-state index >= 15 is 0 Å². The standard InChI is InChI=1S/C24H22FN5/c25-20-6-2-3-7-21(20)29-24-19-10-8-17(14-22(19)27-16-28-24)18-9-11-23(26-15-18)30-12-4-1-5-13-30/h2-3,6-11,14-16H,1,4-5,12-13H2,(H,27,28,29). The number of hydrogen-bond donors (Lipinski definition) is 1. The number of para-hydroxylation sites is 1. The van der Waals surface area contributed by atoms with Gasteiger partial charge in [-0.25, -0.2) is 19.3 Å². The molecule has 3 heterocycles. The summed E-state index contributed by atoms with van der Waals surface area (Å²) in [5.74, 6) is 1.30. The number of halogens is 1. The second-order valence-electron chi connectivity index (χ2n) is 7.51. The highest BCUT2D eigenvalue weighted by Gasteiger charge is 2.13. The fourth-order valence-electron chi connectivity index (χ4n) is 3.89. The van der Waals surface area contributed by atoms with E-state index in [0.29, 0.717) is 11.5 Å². The van der Waals surface area contributed by atoms with Crippen molar-refractivity contribution in [1.82, 2.24) is 15.0 Å². The minimum absolute atomic E-state index is 0.319. The van der Waals surface area contributed by atoms with Crippen LogP contribution in [0.2, 0.25) is 0 Å². The van der Waals surface area contributed by atoms with Gasteiger partial charge in [-0.1, -0.05) is 18.2 Å². The summed E-state index contributed by atoms with van der Waals surface area (Å²) in [6, 6.07) is 16.8. The number of pyridine rings is 1. The van der Waals surface area contributed by atoms with Crippen molar-refractivity contribution >= 4 is 28.2 Å². The molecule has 6 heteroatoms. The molecule has 0 aliphatic carbocycles. The number of nitrogens with zero attached hydrogens (tertiary/aromatic N) is 4. The topological polar surface area (TPSA) is 53.9 Å². The van der Waals surface area contributed by atoms with Crippen molar-refractivity contribution in [3.05, 3.63) is 72.9 Å². The Hall–Kier alpha value is -3.54. The summed E-state index contributed by atoms with van der Waals surface area (Å²) in [4.78, 5) is 15.7. The number of anilines is 3. The summed E-state index contributed by atoms with van der Waals surface area (Å²) in [5.41, 5.74) is 3.26. The molecule has 0 radical (unpaired) electrons. The smallest absolute Gasteiger partial charge is 0.146 e. The lowest BCUT2D eigenvalue weighted by Gasteiger charge is -2.27. The Morgan fingerprint density at radius 1 is 0.833 bits per heavy atom. The molecular weight excluding hydrogens is 377 g/mol. The number of benzene rings is 2. The molecule has 1 fully saturated rings. The maximum atomic E-state index is 14.0. The zero-order valence-corrected chi connectivity index (χ0v) is 16.6. The summed E-state index contributed by atoms with van der Waals surface area (Å²) in [6.07, 6.45) is 7.19. The van der Waals surface area contributed by atoms with E-state index < -0.39 is 0 Å². The van der Waals surface area contributed by atoms with Gasteiger partial charge in [0.15, 0.2) is 0 Å². The van der Waals surface area contributed by atoms with Gasteiger partial charge in [-0.2, -0.15) is 0 Å². The zero-order chi connectivity index (χ0) is 20.3. The highest BCUT2D eigenvalue weighted by molar-refractivity contribution is 5.93. The Morgan fingerprint density at radius 2 is 1.67 bits per heavy atom. The Labute approximate surface area is 174 Å². The first-order valence-corrected chi connectivity index (χ1v) is 10.3. The molecule has 1 saturated heterocycles. The van der Waals surface area contributed by atoms with E-state index in [1.165, 1.54) is 31.7 Å². The minimum atomic E-state index is -0.319. The lowest BCUT2D eigenvalue weighted by atomic mass is 10.1. The van der Waals surface area contributed by atoms with Crippen LogP contribution in [0.15, 0.2) is 67.1 Å². The molecule has 0 bridgehead atoms. The Morgan fingerprint density at radius 3 is 2.47 bits per heavy atom. The van der Waals surface area contributed by atoms with Crippen molar-refractivity contribution in [2.45, 2.75) is 19.3 Å². The lowest BCUT2D eigenvalue weighted by Crippen LogP contribution is -2.29. The highest BCUT2D eigenvalue weighted by atomic mass is 19.1. The van der Waals surface area contributed by atoms with Crippen LogP contribution in [0.25, 0.3) is 22.0 Å². The van der Waals surface area contributed by atoms with Gasteiger partial charge in [0.05, 0.1) is 11.2 Å². The van der Waals surface area contributed by atoms with Crippen molar-refractivity contribution in [1.29, 1.82) is 0 Å². The number of rotatable bonds is 4. The molecule has 2 aromatic carbocycles. The van der Waals surface area contributed by atoms with E-state index in [1.807, 2.05) is 24.4 Å². The van der Waals surface area contributed by atoms with E-state index in [1.54, 1.807) is 18.2 Å². The SMILES string of the molecule is Fc1ccccc1Nc1ncnc2cc(-c3ccc(N4CCCCC4)nc3)ccc12. The molecule has 0 atom stereocenters. The molecule has 1 N–H and O–H groups in total. The number of fused-ring (bicyclic) bond motifs is 1. The van der Waals surface area contributed by atoms with Crippen LogP contribution in [0, 0.1) is 5.82 Å². The van der Waals surface area contributed by atoms with Crippen LogP contribution in [0.1, 0.15) is 19.3 Å². The largest absolute Gasteiger partial charge is 0.357 e. The number of hydrogen-bond acceptors (Lipinski definition) is 5. The third kappa shape index (κ3) is 3.68. The fourth-order valence-corrected chi connectivity index (χ4v) is 3.89. The average molecular weight is 399 g/mol. The third-order valence-corrected chi connectivity index (χ3v) is 5.52. The van der Waals surface area contributed by atoms with Crippen LogP contribution in [-0.2, 0) is 0 Å². The Bertz CT molecular complexity index is 1170. The molecule has 1 aliphatic rings. The Balaban J connectivity index is 1.43. The van der Waals surface area contributed by atoms with Crippen LogP contribution in [0.4, 0.5) is 21.7 Å². The van der Waals surface area contributed by atoms with E-state index in [4.69, 9.17) is 0 Å². The number of aromatic nitrogens is 3. The number of nitrogens with one attached hydrogen (secondary N) is 1. The minimum Gasteiger partial charge on any atom is -0.357 e. The van der Waals surface area contributed by atoms with E-state index in [0.717, 1.165) is 40.9 Å². The van der Waals surface area contributed by atoms with Gasteiger partial charge in [-0.15, -0.1) is 0 Å². The van der Waals surface area contributed by atoms with Gasteiger partial charge in [0.25, 0.3) is 0 Å². The quantitative estimate of drug-likeness (QED) is 0.487. The van der Waals surface area contributed by atoms with Crippen LogP contribution in [0.3, 0.4) is 0 Å². The summed E-state index contributed by atoms with van der Waals surface area (Å²) in [7, 11) is 0. The molecule has 5 rings (SSSR count). The van der Waals surface area contributed by atoms with Gasteiger partial charge in [0, 0.05) is 30.2 Å². The van der Waals surface area contributed by atoms with Gasteiger partial charge in [0.2, 0.25) is 0 Å². The molecular formula is C24H22FN5. The fraction of sp³-hybridized carbons (Fsp3) is 0.208. The summed E-state index contributed by atoms with van der Waals surface area (Å²) < 4.78 is 14.0. The molecule has 30 heavy (non-hydrogen) atoms. The number of piperidine rings is 1. The molecule has 5 nitrogen and oxygen atoms in total. The van der Waals surface area contributed by atoms with Crippen molar-refractivity contribution in [3.8, 4) is 11.1 Å². The second-order valence-corrected chi connectivity index (χ2v) is 7.51. The van der Waals surface area contributed by atoms with E-state index in [2.05, 4.69) is 37.3 Å². The molecule has 0 unspecified atom stereocenters. The summed E-state index contributed by atoms with van der Waals surface area (Å²) in [6.45, 7) is 2.16. The predicted octanol–water partition coefficient (Wildman–Crippen LogP) is 5.56. The van der Waals surface area contributed by atoms with Crippen molar-refractivity contribution in [2.24, 2.45) is 0 Å². The van der Waals surface area contributed by atoms with Gasteiger partial charge < -0.3 is 10.2 Å². The first-order valence-electron chi connectivity index (χ1n) is 10.3. The zero-order valence-electron chi connectivity index (χ0n) is 16.6. The van der Waals surface area contributed by atoms with Crippen LogP contribution in [-0.4, -0.2) is 28.0 Å². The maximum absolute atomic E-state index is 14.0. The van der Waals surface area contributed by atoms with Gasteiger partial charge in [-0.3, -0.25) is 0 Å². The van der Waals surface area contributed by atoms with E-state index in [-0.39, 0.29) is 5.82 Å².